The van der Waals surface area contributed by atoms with Gasteiger partial charge < -0.3 is 15.2 Å². The standard InChI is InChI=1S/C30H28F3N3O7S2/c1-4-45(40,41)23-15-9-18(10-16-23)24(17-37)34-27(38)20-7-5-19(6-8-20)25-26(28(39)36(2)42-3)44-29(35-25)43-22-13-11-21(12-14-22)30(31,32)33/h5-16,24,37H,4,17H2,1-3H3,(H,34,38). The van der Waals surface area contributed by atoms with E-state index in [1.165, 1.54) is 57.5 Å². The molecule has 1 unspecified atom stereocenters. The average Bonchev–Trinajstić information content (AvgIpc) is 3.46. The van der Waals surface area contributed by atoms with Gasteiger partial charge in [-0.3, -0.25) is 14.4 Å². The molecule has 1 heterocycles. The van der Waals surface area contributed by atoms with Crippen LogP contribution in [0.3, 0.4) is 0 Å². The van der Waals surface area contributed by atoms with Crippen LogP contribution in [-0.4, -0.2) is 61.9 Å². The van der Waals surface area contributed by atoms with Crippen molar-refractivity contribution in [3.8, 4) is 22.2 Å². The highest BCUT2D eigenvalue weighted by Gasteiger charge is 2.30. The van der Waals surface area contributed by atoms with E-state index < -0.39 is 46.0 Å². The van der Waals surface area contributed by atoms with E-state index in [0.29, 0.717) is 11.1 Å². The van der Waals surface area contributed by atoms with E-state index in [1.807, 2.05) is 0 Å². The van der Waals surface area contributed by atoms with Crippen molar-refractivity contribution in [1.29, 1.82) is 0 Å². The van der Waals surface area contributed by atoms with Gasteiger partial charge in [-0.25, -0.2) is 18.5 Å². The van der Waals surface area contributed by atoms with Crippen molar-refractivity contribution in [3.05, 3.63) is 94.4 Å². The summed E-state index contributed by atoms with van der Waals surface area (Å²) in [5.41, 5.74) is 0.510. The van der Waals surface area contributed by atoms with Crippen molar-refractivity contribution in [3.63, 3.8) is 0 Å². The van der Waals surface area contributed by atoms with Gasteiger partial charge in [-0.05, 0) is 54.1 Å². The minimum absolute atomic E-state index is 0.0111. The highest BCUT2D eigenvalue weighted by molar-refractivity contribution is 7.91. The first-order chi connectivity index (χ1) is 21.3. The first kappa shape index (κ1) is 33.6. The number of aliphatic hydroxyl groups excluding tert-OH is 1. The Morgan fingerprint density at radius 3 is 2.18 bits per heavy atom. The molecule has 1 atom stereocenters. The summed E-state index contributed by atoms with van der Waals surface area (Å²) in [6.07, 6.45) is -4.51. The Bertz CT molecular complexity index is 1760. The van der Waals surface area contributed by atoms with Crippen LogP contribution in [0.15, 0.2) is 77.7 Å². The summed E-state index contributed by atoms with van der Waals surface area (Å²) in [6, 6.07) is 15.2. The van der Waals surface area contributed by atoms with Crippen LogP contribution < -0.4 is 10.1 Å². The van der Waals surface area contributed by atoms with Crippen LogP contribution in [-0.2, 0) is 20.9 Å². The molecule has 10 nitrogen and oxygen atoms in total. The monoisotopic (exact) mass is 663 g/mol. The maximum atomic E-state index is 13.0. The lowest BCUT2D eigenvalue weighted by Gasteiger charge is -2.17. The summed E-state index contributed by atoms with van der Waals surface area (Å²) >= 11 is 0.863. The zero-order chi connectivity index (χ0) is 32.9. The van der Waals surface area contributed by atoms with Crippen LogP contribution >= 0.6 is 11.3 Å². The highest BCUT2D eigenvalue weighted by Crippen LogP contribution is 2.37. The van der Waals surface area contributed by atoms with Crippen LogP contribution in [0, 0.1) is 0 Å². The normalized spacial score (nSPS) is 12.4. The minimum Gasteiger partial charge on any atom is -0.431 e. The molecule has 0 saturated heterocycles. The molecule has 2 N–H and O–H groups in total. The third-order valence-corrected chi connectivity index (χ3v) is 9.35. The minimum atomic E-state index is -4.51. The smallest absolute Gasteiger partial charge is 0.416 e. The lowest BCUT2D eigenvalue weighted by Crippen LogP contribution is -2.30. The maximum absolute atomic E-state index is 13.0. The number of hydrogen-bond donors (Lipinski definition) is 2. The quantitative estimate of drug-likeness (QED) is 0.201. The van der Waals surface area contributed by atoms with Gasteiger partial charge >= 0.3 is 6.18 Å². The summed E-state index contributed by atoms with van der Waals surface area (Å²) in [7, 11) is -0.716. The second-order valence-corrected chi connectivity index (χ2v) is 12.8. The van der Waals surface area contributed by atoms with Crippen LogP contribution in [0.5, 0.6) is 10.9 Å². The zero-order valence-electron chi connectivity index (χ0n) is 24.2. The fourth-order valence-electron chi connectivity index (χ4n) is 4.05. The molecule has 15 heteroatoms. The number of amides is 2. The molecule has 0 fully saturated rings. The van der Waals surface area contributed by atoms with Gasteiger partial charge in [0, 0.05) is 18.2 Å². The van der Waals surface area contributed by atoms with Crippen molar-refractivity contribution < 1.29 is 45.9 Å². The van der Waals surface area contributed by atoms with Crippen LogP contribution in [0.1, 0.15) is 44.1 Å². The Hall–Kier alpha value is -4.31. The summed E-state index contributed by atoms with van der Waals surface area (Å²) in [5, 5.41) is 13.6. The lowest BCUT2D eigenvalue weighted by molar-refractivity contribution is -0.137. The van der Waals surface area contributed by atoms with E-state index in [4.69, 9.17) is 9.57 Å². The maximum Gasteiger partial charge on any atom is 0.416 e. The largest absolute Gasteiger partial charge is 0.431 e. The molecule has 238 valence electrons. The highest BCUT2D eigenvalue weighted by atomic mass is 32.2. The number of aromatic nitrogens is 1. The molecule has 1 aromatic heterocycles. The Balaban J connectivity index is 1.56. The number of benzene rings is 3. The number of alkyl halides is 3. The third kappa shape index (κ3) is 7.86. The van der Waals surface area contributed by atoms with Gasteiger partial charge in [-0.15, -0.1) is 0 Å². The number of hydrogen-bond acceptors (Lipinski definition) is 9. The molecule has 3 aromatic carbocycles. The van der Waals surface area contributed by atoms with E-state index in [2.05, 4.69) is 10.3 Å². The van der Waals surface area contributed by atoms with Gasteiger partial charge in [-0.1, -0.05) is 42.5 Å². The predicted octanol–water partition coefficient (Wildman–Crippen LogP) is 5.51. The molecular formula is C30H28F3N3O7S2. The summed E-state index contributed by atoms with van der Waals surface area (Å²) in [6.45, 7) is 1.09. The fourth-order valence-corrected chi connectivity index (χ4v) is 5.86. The molecule has 4 aromatic rings. The van der Waals surface area contributed by atoms with Crippen molar-refractivity contribution in [2.24, 2.45) is 0 Å². The van der Waals surface area contributed by atoms with E-state index >= 15 is 0 Å². The molecule has 0 aliphatic carbocycles. The predicted molar refractivity (Wildman–Crippen MR) is 160 cm³/mol. The van der Waals surface area contributed by atoms with E-state index in [0.717, 1.165) is 40.7 Å². The molecule has 0 aliphatic rings. The van der Waals surface area contributed by atoms with Crippen LogP contribution in [0.25, 0.3) is 11.3 Å². The van der Waals surface area contributed by atoms with Gasteiger partial charge in [0.05, 0.1) is 41.7 Å². The number of carbonyl (C=O) groups excluding carboxylic acids is 2. The molecule has 0 aliphatic heterocycles. The number of sulfone groups is 1. The van der Waals surface area contributed by atoms with Gasteiger partial charge in [-0.2, -0.15) is 13.2 Å². The number of ether oxygens (including phenoxy) is 1. The summed E-state index contributed by atoms with van der Waals surface area (Å²) in [4.78, 5) is 35.7. The van der Waals surface area contributed by atoms with Crippen LogP contribution in [0.2, 0.25) is 0 Å². The Morgan fingerprint density at radius 2 is 1.64 bits per heavy atom. The second kappa shape index (κ2) is 13.8. The fraction of sp³-hybridized carbons (Fsp3) is 0.233. The van der Waals surface area contributed by atoms with E-state index in [9.17, 15) is 36.3 Å². The third-order valence-electron chi connectivity index (χ3n) is 6.68. The molecule has 45 heavy (non-hydrogen) atoms. The summed E-state index contributed by atoms with van der Waals surface area (Å²) in [5.74, 6) is -1.06. The first-order valence-electron chi connectivity index (χ1n) is 13.3. The van der Waals surface area contributed by atoms with Gasteiger partial charge in [0.25, 0.3) is 17.0 Å². The van der Waals surface area contributed by atoms with E-state index in [-0.39, 0.29) is 37.7 Å². The van der Waals surface area contributed by atoms with Crippen LogP contribution in [0.4, 0.5) is 13.2 Å². The molecule has 0 bridgehead atoms. The molecule has 0 saturated carbocycles. The Morgan fingerprint density at radius 1 is 1.02 bits per heavy atom. The van der Waals surface area contributed by atoms with Crippen molar-refractivity contribution in [2.75, 3.05) is 26.5 Å². The van der Waals surface area contributed by atoms with Gasteiger partial charge in [0.15, 0.2) is 9.84 Å². The molecule has 0 spiro atoms. The van der Waals surface area contributed by atoms with Gasteiger partial charge in [0.2, 0.25) is 0 Å². The second-order valence-electron chi connectivity index (χ2n) is 9.53. The number of hydroxylamine groups is 2. The number of halogens is 3. The number of rotatable bonds is 11. The lowest BCUT2D eigenvalue weighted by atomic mass is 10.1. The topological polar surface area (TPSA) is 135 Å². The average molecular weight is 664 g/mol. The van der Waals surface area contributed by atoms with Crippen molar-refractivity contribution >= 4 is 33.0 Å². The van der Waals surface area contributed by atoms with Gasteiger partial charge in [0.1, 0.15) is 10.6 Å². The number of aliphatic hydroxyl groups is 1. The SMILES string of the molecule is CCS(=O)(=O)c1ccc(C(CO)NC(=O)c2ccc(-c3nc(Oc4ccc(C(F)(F)F)cc4)sc3C(=O)N(C)OC)cc2)cc1. The van der Waals surface area contributed by atoms with Crippen molar-refractivity contribution in [2.45, 2.75) is 24.0 Å². The molecular weight excluding hydrogens is 635 g/mol. The van der Waals surface area contributed by atoms with E-state index in [1.54, 1.807) is 12.1 Å². The number of nitrogens with zero attached hydrogens (tertiary/aromatic N) is 2. The summed E-state index contributed by atoms with van der Waals surface area (Å²) < 4.78 is 68.6. The number of carbonyl (C=O) groups is 2. The molecule has 4 rings (SSSR count). The number of nitrogens with one attached hydrogen (secondary N) is 1. The molecule has 2 amide bonds. The Labute approximate surface area is 260 Å². The molecule has 0 radical (unpaired) electrons. The zero-order valence-corrected chi connectivity index (χ0v) is 25.8. The number of thiazole rings is 1. The van der Waals surface area contributed by atoms with Crippen molar-refractivity contribution in [1.82, 2.24) is 15.4 Å². The first-order valence-corrected chi connectivity index (χ1v) is 15.8. The Kier molecular flexibility index (Phi) is 10.3.